The van der Waals surface area contributed by atoms with Gasteiger partial charge in [0.25, 0.3) is 5.91 Å². The molecular weight excluding hydrogens is 330 g/mol. The highest BCUT2D eigenvalue weighted by Gasteiger charge is 2.21. The Bertz CT molecular complexity index is 813. The highest BCUT2D eigenvalue weighted by Crippen LogP contribution is 2.21. The van der Waals surface area contributed by atoms with Crippen molar-refractivity contribution in [1.29, 1.82) is 0 Å². The average Bonchev–Trinajstić information content (AvgIpc) is 3.08. The van der Waals surface area contributed by atoms with Gasteiger partial charge in [0.15, 0.2) is 0 Å². The highest BCUT2D eigenvalue weighted by atomic mass is 16.2. The molecule has 1 heterocycles. The standard InChI is InChI=1S/C20H21N3O3/c1-14-4-8-16(9-5-14)22-18(24)13-21-20(26)15-6-10-17(11-7-15)23-12-2-3-19(23)25/h4-11H,2-3,12-13H2,1H3,(H,21,26)(H,22,24). The Morgan fingerprint density at radius 2 is 1.73 bits per heavy atom. The predicted molar refractivity (Wildman–Crippen MR) is 100 cm³/mol. The van der Waals surface area contributed by atoms with Crippen LogP contribution in [0.25, 0.3) is 0 Å². The van der Waals surface area contributed by atoms with E-state index in [0.29, 0.717) is 24.2 Å². The number of benzene rings is 2. The molecule has 2 aromatic carbocycles. The molecule has 1 aliphatic rings. The number of nitrogens with one attached hydrogen (secondary N) is 2. The van der Waals surface area contributed by atoms with Gasteiger partial charge in [0, 0.05) is 29.9 Å². The molecular formula is C20H21N3O3. The molecule has 134 valence electrons. The van der Waals surface area contributed by atoms with Crippen LogP contribution in [0.15, 0.2) is 48.5 Å². The van der Waals surface area contributed by atoms with Crippen molar-refractivity contribution in [2.24, 2.45) is 0 Å². The average molecular weight is 351 g/mol. The maximum absolute atomic E-state index is 12.2. The number of carbonyl (C=O) groups is 3. The smallest absolute Gasteiger partial charge is 0.251 e. The number of carbonyl (C=O) groups excluding carboxylic acids is 3. The van der Waals surface area contributed by atoms with Gasteiger partial charge in [-0.25, -0.2) is 0 Å². The summed E-state index contributed by atoms with van der Waals surface area (Å²) in [6.45, 7) is 2.57. The van der Waals surface area contributed by atoms with Gasteiger partial charge in [-0.3, -0.25) is 14.4 Å². The molecule has 3 rings (SSSR count). The van der Waals surface area contributed by atoms with Crippen molar-refractivity contribution >= 4 is 29.1 Å². The van der Waals surface area contributed by atoms with Gasteiger partial charge in [0.2, 0.25) is 11.8 Å². The monoisotopic (exact) mass is 351 g/mol. The molecule has 0 saturated carbocycles. The van der Waals surface area contributed by atoms with Gasteiger partial charge < -0.3 is 15.5 Å². The maximum atomic E-state index is 12.2. The summed E-state index contributed by atoms with van der Waals surface area (Å²) in [5, 5.41) is 5.33. The molecule has 1 fully saturated rings. The third kappa shape index (κ3) is 4.27. The summed E-state index contributed by atoms with van der Waals surface area (Å²) in [6.07, 6.45) is 1.43. The fourth-order valence-electron chi connectivity index (χ4n) is 2.82. The summed E-state index contributed by atoms with van der Waals surface area (Å²) in [4.78, 5) is 37.6. The van der Waals surface area contributed by atoms with E-state index in [1.54, 1.807) is 29.2 Å². The van der Waals surface area contributed by atoms with Gasteiger partial charge >= 0.3 is 0 Å². The first-order valence-electron chi connectivity index (χ1n) is 8.58. The van der Waals surface area contributed by atoms with Crippen LogP contribution in [0, 0.1) is 6.92 Å². The number of amides is 3. The molecule has 6 heteroatoms. The van der Waals surface area contributed by atoms with Crippen LogP contribution in [0.1, 0.15) is 28.8 Å². The number of aryl methyl sites for hydroxylation is 1. The second kappa shape index (κ2) is 7.82. The van der Waals surface area contributed by atoms with Gasteiger partial charge in [-0.15, -0.1) is 0 Å². The summed E-state index contributed by atoms with van der Waals surface area (Å²) >= 11 is 0. The number of rotatable bonds is 5. The van der Waals surface area contributed by atoms with Crippen LogP contribution in [0.5, 0.6) is 0 Å². The zero-order chi connectivity index (χ0) is 18.5. The second-order valence-corrected chi connectivity index (χ2v) is 6.29. The number of hydrogen-bond acceptors (Lipinski definition) is 3. The van der Waals surface area contributed by atoms with Gasteiger partial charge in [0.1, 0.15) is 0 Å². The quantitative estimate of drug-likeness (QED) is 0.869. The normalized spacial score (nSPS) is 13.6. The van der Waals surface area contributed by atoms with E-state index < -0.39 is 0 Å². The maximum Gasteiger partial charge on any atom is 0.251 e. The van der Waals surface area contributed by atoms with Crippen LogP contribution < -0.4 is 15.5 Å². The molecule has 2 aromatic rings. The Morgan fingerprint density at radius 3 is 2.35 bits per heavy atom. The molecule has 0 aromatic heterocycles. The topological polar surface area (TPSA) is 78.5 Å². The largest absolute Gasteiger partial charge is 0.343 e. The SMILES string of the molecule is Cc1ccc(NC(=O)CNC(=O)c2ccc(N3CCCC3=O)cc2)cc1. The molecule has 2 N–H and O–H groups in total. The molecule has 0 bridgehead atoms. The molecule has 0 unspecified atom stereocenters. The summed E-state index contributed by atoms with van der Waals surface area (Å²) in [5.41, 5.74) is 3.04. The minimum atomic E-state index is -0.330. The third-order valence-electron chi connectivity index (χ3n) is 4.26. The van der Waals surface area contributed by atoms with Crippen LogP contribution in [0.4, 0.5) is 11.4 Å². The molecule has 1 aliphatic heterocycles. The molecule has 26 heavy (non-hydrogen) atoms. The highest BCUT2D eigenvalue weighted by molar-refractivity contribution is 6.00. The van der Waals surface area contributed by atoms with E-state index in [4.69, 9.17) is 0 Å². The molecule has 3 amide bonds. The Labute approximate surface area is 152 Å². The van der Waals surface area contributed by atoms with Crippen LogP contribution in [-0.2, 0) is 9.59 Å². The zero-order valence-corrected chi connectivity index (χ0v) is 14.6. The molecule has 1 saturated heterocycles. The lowest BCUT2D eigenvalue weighted by Gasteiger charge is -2.15. The molecule has 6 nitrogen and oxygen atoms in total. The third-order valence-corrected chi connectivity index (χ3v) is 4.26. The van der Waals surface area contributed by atoms with Crippen LogP contribution in [-0.4, -0.2) is 30.8 Å². The van der Waals surface area contributed by atoms with Crippen LogP contribution in [0.3, 0.4) is 0 Å². The minimum Gasteiger partial charge on any atom is -0.343 e. The second-order valence-electron chi connectivity index (χ2n) is 6.29. The lowest BCUT2D eigenvalue weighted by Crippen LogP contribution is -2.32. The van der Waals surface area contributed by atoms with Gasteiger partial charge in [-0.2, -0.15) is 0 Å². The Kier molecular flexibility index (Phi) is 5.31. The fourth-order valence-corrected chi connectivity index (χ4v) is 2.82. The first-order chi connectivity index (χ1) is 12.5. The molecule has 0 spiro atoms. The van der Waals surface area contributed by atoms with Crippen LogP contribution in [0.2, 0.25) is 0 Å². The summed E-state index contributed by atoms with van der Waals surface area (Å²) in [5.74, 6) is -0.514. The number of hydrogen-bond donors (Lipinski definition) is 2. The van der Waals surface area contributed by atoms with Gasteiger partial charge in [-0.05, 0) is 49.7 Å². The Morgan fingerprint density at radius 1 is 1.04 bits per heavy atom. The van der Waals surface area contributed by atoms with E-state index >= 15 is 0 Å². The number of anilines is 2. The first kappa shape index (κ1) is 17.7. The van der Waals surface area contributed by atoms with Gasteiger partial charge in [-0.1, -0.05) is 17.7 Å². The van der Waals surface area contributed by atoms with Crippen molar-refractivity contribution in [3.8, 4) is 0 Å². The van der Waals surface area contributed by atoms with Crippen molar-refractivity contribution in [2.45, 2.75) is 19.8 Å². The lowest BCUT2D eigenvalue weighted by molar-refractivity contribution is -0.117. The summed E-state index contributed by atoms with van der Waals surface area (Å²) in [6, 6.07) is 14.3. The fraction of sp³-hybridized carbons (Fsp3) is 0.250. The lowest BCUT2D eigenvalue weighted by atomic mass is 10.2. The predicted octanol–water partition coefficient (Wildman–Crippen LogP) is 2.49. The van der Waals surface area contributed by atoms with Crippen molar-refractivity contribution in [2.75, 3.05) is 23.3 Å². The van der Waals surface area contributed by atoms with E-state index in [1.165, 1.54) is 0 Å². The number of nitrogens with zero attached hydrogens (tertiary/aromatic N) is 1. The van der Waals surface area contributed by atoms with E-state index in [2.05, 4.69) is 10.6 Å². The molecule has 0 atom stereocenters. The Balaban J connectivity index is 1.52. The van der Waals surface area contributed by atoms with Crippen LogP contribution >= 0.6 is 0 Å². The van der Waals surface area contributed by atoms with E-state index in [-0.39, 0.29) is 24.3 Å². The summed E-state index contributed by atoms with van der Waals surface area (Å²) in [7, 11) is 0. The van der Waals surface area contributed by atoms with Gasteiger partial charge in [0.05, 0.1) is 6.54 Å². The first-order valence-corrected chi connectivity index (χ1v) is 8.58. The molecule has 0 radical (unpaired) electrons. The van der Waals surface area contributed by atoms with Crippen molar-refractivity contribution < 1.29 is 14.4 Å². The van der Waals surface area contributed by atoms with Crippen molar-refractivity contribution in [1.82, 2.24) is 5.32 Å². The zero-order valence-electron chi connectivity index (χ0n) is 14.6. The summed E-state index contributed by atoms with van der Waals surface area (Å²) < 4.78 is 0. The van der Waals surface area contributed by atoms with E-state index in [0.717, 1.165) is 17.7 Å². The molecule has 0 aliphatic carbocycles. The van der Waals surface area contributed by atoms with E-state index in [1.807, 2.05) is 31.2 Å². The van der Waals surface area contributed by atoms with E-state index in [9.17, 15) is 14.4 Å². The van der Waals surface area contributed by atoms with Crippen molar-refractivity contribution in [3.05, 3.63) is 59.7 Å². The minimum absolute atomic E-state index is 0.106. The van der Waals surface area contributed by atoms with Crippen molar-refractivity contribution in [3.63, 3.8) is 0 Å². The Hall–Kier alpha value is -3.15.